The topological polar surface area (TPSA) is 17.1 Å². The van der Waals surface area contributed by atoms with Crippen molar-refractivity contribution in [3.8, 4) is 0 Å². The summed E-state index contributed by atoms with van der Waals surface area (Å²) in [6.45, 7) is 3.70. The summed E-state index contributed by atoms with van der Waals surface area (Å²) in [6.07, 6.45) is 6.26. The van der Waals surface area contributed by atoms with Gasteiger partial charge < -0.3 is 4.79 Å². The third-order valence-electron chi connectivity index (χ3n) is 1.27. The lowest BCUT2D eigenvalue weighted by Gasteiger charge is -1.93. The number of carbonyl (C=O) groups is 1. The second-order valence-electron chi connectivity index (χ2n) is 2.36. The van der Waals surface area contributed by atoms with Crippen molar-refractivity contribution in [3.05, 3.63) is 6.42 Å². The summed E-state index contributed by atoms with van der Waals surface area (Å²) in [6, 6.07) is 0. The first-order valence-corrected chi connectivity index (χ1v) is 3.54. The molecule has 0 aromatic carbocycles. The molecule has 53 valence electrons. The van der Waals surface area contributed by atoms with E-state index in [2.05, 4.69) is 6.42 Å². The minimum absolute atomic E-state index is 0.311. The molecule has 9 heavy (non-hydrogen) atoms. The second-order valence-corrected chi connectivity index (χ2v) is 2.36. The number of hydrogen-bond acceptors (Lipinski definition) is 1. The Morgan fingerprint density at radius 3 is 2.56 bits per heavy atom. The summed E-state index contributed by atoms with van der Waals surface area (Å²) in [7, 11) is 0. The van der Waals surface area contributed by atoms with Crippen molar-refractivity contribution in [2.24, 2.45) is 0 Å². The van der Waals surface area contributed by atoms with Gasteiger partial charge in [-0.15, -0.1) is 0 Å². The van der Waals surface area contributed by atoms with Crippen molar-refractivity contribution in [2.75, 3.05) is 0 Å². The predicted octanol–water partition coefficient (Wildman–Crippen LogP) is 2.36. The minimum atomic E-state index is 0.311. The van der Waals surface area contributed by atoms with Crippen LogP contribution >= 0.6 is 0 Å². The molecular weight excluding hydrogens is 112 g/mol. The Bertz CT molecular complexity index is 76.6. The number of ketones is 1. The summed E-state index contributed by atoms with van der Waals surface area (Å²) in [5.74, 6) is 0.311. The smallest absolute Gasteiger partial charge is 0.129 e. The molecule has 0 saturated carbocycles. The number of unbranched alkanes of at least 4 members (excludes halogenated alkanes) is 3. The normalized spacial score (nSPS) is 9.56. The maximum atomic E-state index is 10.4. The summed E-state index contributed by atoms with van der Waals surface area (Å²) in [5.41, 5.74) is 0. The summed E-state index contributed by atoms with van der Waals surface area (Å²) < 4.78 is 0. The monoisotopic (exact) mass is 127 g/mol. The van der Waals surface area contributed by atoms with E-state index in [1.165, 1.54) is 0 Å². The number of rotatable bonds is 5. The Balaban J connectivity index is 2.83. The molecule has 0 aromatic heterocycles. The van der Waals surface area contributed by atoms with Crippen molar-refractivity contribution >= 4 is 5.78 Å². The average molecular weight is 127 g/mol. The molecule has 0 fully saturated rings. The molecule has 0 aromatic rings. The molecule has 0 rings (SSSR count). The zero-order valence-electron chi connectivity index (χ0n) is 6.31. The van der Waals surface area contributed by atoms with E-state index in [1.807, 2.05) is 6.92 Å². The second kappa shape index (κ2) is 5.80. The van der Waals surface area contributed by atoms with E-state index in [0.29, 0.717) is 5.78 Å². The summed E-state index contributed by atoms with van der Waals surface area (Å²) in [4.78, 5) is 10.4. The highest BCUT2D eigenvalue weighted by Gasteiger charge is 1.91. The van der Waals surface area contributed by atoms with Gasteiger partial charge >= 0.3 is 0 Å². The van der Waals surface area contributed by atoms with Gasteiger partial charge in [0, 0.05) is 6.42 Å². The Labute approximate surface area is 57.5 Å². The van der Waals surface area contributed by atoms with Gasteiger partial charge in [0.05, 0.1) is 0 Å². The van der Waals surface area contributed by atoms with Crippen molar-refractivity contribution in [1.29, 1.82) is 0 Å². The third kappa shape index (κ3) is 7.67. The lowest BCUT2D eigenvalue weighted by molar-refractivity contribution is -0.117. The van der Waals surface area contributed by atoms with Gasteiger partial charge in [-0.05, 0) is 19.8 Å². The molecule has 1 heteroatoms. The highest BCUT2D eigenvalue weighted by atomic mass is 16.1. The lowest BCUT2D eigenvalue weighted by atomic mass is 10.1. The Kier molecular flexibility index (Phi) is 5.59. The number of Topliss-reactive ketones (excluding diaryl/α,β-unsaturated/α-hetero) is 1. The van der Waals surface area contributed by atoms with Crippen molar-refractivity contribution in [1.82, 2.24) is 0 Å². The van der Waals surface area contributed by atoms with Gasteiger partial charge in [0.15, 0.2) is 0 Å². The SMILES string of the molecule is C[CH]CCCCC(C)=O. The van der Waals surface area contributed by atoms with Gasteiger partial charge in [0.25, 0.3) is 0 Å². The van der Waals surface area contributed by atoms with E-state index in [0.717, 1.165) is 25.7 Å². The van der Waals surface area contributed by atoms with Crippen LogP contribution in [0.2, 0.25) is 0 Å². The van der Waals surface area contributed by atoms with Crippen LogP contribution in [-0.4, -0.2) is 5.78 Å². The highest BCUT2D eigenvalue weighted by molar-refractivity contribution is 5.75. The lowest BCUT2D eigenvalue weighted by Crippen LogP contribution is -1.88. The standard InChI is InChI=1S/C8H15O/c1-3-4-5-6-7-8(2)9/h3H,4-7H2,1-2H3. The van der Waals surface area contributed by atoms with Crippen LogP contribution in [0.5, 0.6) is 0 Å². The Morgan fingerprint density at radius 2 is 2.11 bits per heavy atom. The predicted molar refractivity (Wildman–Crippen MR) is 39.1 cm³/mol. The van der Waals surface area contributed by atoms with E-state index < -0.39 is 0 Å². The van der Waals surface area contributed by atoms with E-state index in [-0.39, 0.29) is 0 Å². The zero-order chi connectivity index (χ0) is 7.11. The fourth-order valence-electron chi connectivity index (χ4n) is 0.722. The maximum Gasteiger partial charge on any atom is 0.129 e. The maximum absolute atomic E-state index is 10.4. The Morgan fingerprint density at radius 1 is 1.44 bits per heavy atom. The first kappa shape index (κ1) is 8.67. The number of carbonyl (C=O) groups excluding carboxylic acids is 1. The van der Waals surface area contributed by atoms with Gasteiger partial charge in [0.2, 0.25) is 0 Å². The van der Waals surface area contributed by atoms with Crippen LogP contribution in [0, 0.1) is 6.42 Å². The first-order chi connectivity index (χ1) is 4.27. The molecule has 0 aliphatic rings. The molecule has 0 unspecified atom stereocenters. The van der Waals surface area contributed by atoms with Gasteiger partial charge in [-0.2, -0.15) is 0 Å². The van der Waals surface area contributed by atoms with Crippen LogP contribution in [-0.2, 0) is 4.79 Å². The summed E-state index contributed by atoms with van der Waals surface area (Å²) in [5, 5.41) is 0. The van der Waals surface area contributed by atoms with Crippen molar-refractivity contribution in [2.45, 2.75) is 39.5 Å². The molecule has 1 nitrogen and oxygen atoms in total. The molecule has 0 saturated heterocycles. The quantitative estimate of drug-likeness (QED) is 0.518. The van der Waals surface area contributed by atoms with E-state index in [1.54, 1.807) is 6.92 Å². The molecule has 0 spiro atoms. The van der Waals surface area contributed by atoms with Crippen LogP contribution in [0.4, 0.5) is 0 Å². The molecule has 0 heterocycles. The van der Waals surface area contributed by atoms with Crippen LogP contribution in [0.15, 0.2) is 0 Å². The molecule has 0 N–H and O–H groups in total. The third-order valence-corrected chi connectivity index (χ3v) is 1.27. The molecule has 0 aliphatic heterocycles. The van der Waals surface area contributed by atoms with Gasteiger partial charge in [-0.25, -0.2) is 0 Å². The van der Waals surface area contributed by atoms with Crippen LogP contribution in [0.1, 0.15) is 39.5 Å². The van der Waals surface area contributed by atoms with E-state index >= 15 is 0 Å². The minimum Gasteiger partial charge on any atom is -0.300 e. The largest absolute Gasteiger partial charge is 0.300 e. The first-order valence-electron chi connectivity index (χ1n) is 3.54. The Hall–Kier alpha value is -0.330. The molecule has 0 amide bonds. The highest BCUT2D eigenvalue weighted by Crippen LogP contribution is 2.01. The van der Waals surface area contributed by atoms with E-state index in [4.69, 9.17) is 0 Å². The molecule has 0 atom stereocenters. The molecular formula is C8H15O. The fraction of sp³-hybridized carbons (Fsp3) is 0.750. The van der Waals surface area contributed by atoms with Gasteiger partial charge in [-0.3, -0.25) is 0 Å². The van der Waals surface area contributed by atoms with Crippen LogP contribution < -0.4 is 0 Å². The van der Waals surface area contributed by atoms with Gasteiger partial charge in [-0.1, -0.05) is 19.8 Å². The average Bonchev–Trinajstić information content (AvgIpc) is 1.80. The molecule has 0 bridgehead atoms. The summed E-state index contributed by atoms with van der Waals surface area (Å²) >= 11 is 0. The molecule has 1 radical (unpaired) electrons. The van der Waals surface area contributed by atoms with Crippen molar-refractivity contribution in [3.63, 3.8) is 0 Å². The zero-order valence-corrected chi connectivity index (χ0v) is 6.31. The fourth-order valence-corrected chi connectivity index (χ4v) is 0.722. The van der Waals surface area contributed by atoms with Crippen LogP contribution in [0.3, 0.4) is 0 Å². The van der Waals surface area contributed by atoms with Gasteiger partial charge in [0.1, 0.15) is 5.78 Å². The number of hydrogen-bond donors (Lipinski definition) is 0. The van der Waals surface area contributed by atoms with E-state index in [9.17, 15) is 4.79 Å². The van der Waals surface area contributed by atoms with Crippen LogP contribution in [0.25, 0.3) is 0 Å². The molecule has 0 aliphatic carbocycles. The van der Waals surface area contributed by atoms with Crippen molar-refractivity contribution < 1.29 is 4.79 Å².